The van der Waals surface area contributed by atoms with Gasteiger partial charge in [-0.2, -0.15) is 5.10 Å². The van der Waals surface area contributed by atoms with Crippen molar-refractivity contribution in [3.8, 4) is 0 Å². The number of aryl methyl sites for hydroxylation is 2. The normalized spacial score (nSPS) is 12.7. The molecule has 0 saturated carbocycles. The van der Waals surface area contributed by atoms with Crippen LogP contribution in [0.2, 0.25) is 0 Å². The zero-order chi connectivity index (χ0) is 13.1. The Morgan fingerprint density at radius 3 is 2.78 bits per heavy atom. The van der Waals surface area contributed by atoms with Gasteiger partial charge < -0.3 is 5.32 Å². The van der Waals surface area contributed by atoms with Gasteiger partial charge in [-0.25, -0.2) is 4.39 Å². The molecule has 0 bridgehead atoms. The first kappa shape index (κ1) is 12.8. The highest BCUT2D eigenvalue weighted by molar-refractivity contribution is 5.34. The second-order valence-electron chi connectivity index (χ2n) is 4.41. The highest BCUT2D eigenvalue weighted by Crippen LogP contribution is 2.24. The molecule has 2 aromatic rings. The van der Waals surface area contributed by atoms with Crippen molar-refractivity contribution in [1.29, 1.82) is 0 Å². The molecule has 18 heavy (non-hydrogen) atoms. The molecule has 1 atom stereocenters. The molecule has 0 aliphatic rings. The summed E-state index contributed by atoms with van der Waals surface area (Å²) in [4.78, 5) is 0. The van der Waals surface area contributed by atoms with Gasteiger partial charge >= 0.3 is 0 Å². The molecule has 1 aromatic carbocycles. The SMILES string of the molecule is CCNC(c1ccn(C)n1)c1cc(F)ccc1C. The van der Waals surface area contributed by atoms with Crippen LogP contribution in [-0.2, 0) is 7.05 Å². The van der Waals surface area contributed by atoms with E-state index in [1.54, 1.807) is 16.8 Å². The minimum atomic E-state index is -0.213. The molecule has 1 N–H and O–H groups in total. The zero-order valence-corrected chi connectivity index (χ0v) is 10.9. The number of nitrogens with one attached hydrogen (secondary N) is 1. The van der Waals surface area contributed by atoms with Crippen molar-refractivity contribution < 1.29 is 4.39 Å². The van der Waals surface area contributed by atoms with E-state index < -0.39 is 0 Å². The number of hydrogen-bond donors (Lipinski definition) is 1. The van der Waals surface area contributed by atoms with E-state index >= 15 is 0 Å². The molecule has 0 saturated heterocycles. The van der Waals surface area contributed by atoms with Crippen LogP contribution >= 0.6 is 0 Å². The molecule has 4 heteroatoms. The van der Waals surface area contributed by atoms with E-state index in [1.165, 1.54) is 6.07 Å². The molecule has 0 amide bonds. The van der Waals surface area contributed by atoms with Gasteiger partial charge in [-0.05, 0) is 42.8 Å². The van der Waals surface area contributed by atoms with Gasteiger partial charge in [0.25, 0.3) is 0 Å². The number of halogens is 1. The van der Waals surface area contributed by atoms with Gasteiger partial charge in [-0.3, -0.25) is 4.68 Å². The Morgan fingerprint density at radius 1 is 1.39 bits per heavy atom. The Hall–Kier alpha value is -1.68. The summed E-state index contributed by atoms with van der Waals surface area (Å²) in [7, 11) is 1.88. The van der Waals surface area contributed by atoms with Crippen molar-refractivity contribution in [2.45, 2.75) is 19.9 Å². The van der Waals surface area contributed by atoms with Crippen molar-refractivity contribution in [1.82, 2.24) is 15.1 Å². The molecule has 96 valence electrons. The van der Waals surface area contributed by atoms with Crippen LogP contribution in [0, 0.1) is 12.7 Å². The van der Waals surface area contributed by atoms with Gasteiger partial charge in [0.05, 0.1) is 11.7 Å². The molecule has 3 nitrogen and oxygen atoms in total. The first-order valence-corrected chi connectivity index (χ1v) is 6.10. The van der Waals surface area contributed by atoms with Crippen molar-refractivity contribution in [2.24, 2.45) is 7.05 Å². The smallest absolute Gasteiger partial charge is 0.123 e. The third-order valence-electron chi connectivity index (χ3n) is 2.99. The van der Waals surface area contributed by atoms with Crippen LogP contribution in [0.25, 0.3) is 0 Å². The third kappa shape index (κ3) is 2.59. The summed E-state index contributed by atoms with van der Waals surface area (Å²) < 4.78 is 15.2. The van der Waals surface area contributed by atoms with E-state index in [0.717, 1.165) is 23.4 Å². The summed E-state index contributed by atoms with van der Waals surface area (Å²) in [6, 6.07) is 6.76. The van der Waals surface area contributed by atoms with Gasteiger partial charge in [-0.1, -0.05) is 13.0 Å². The molecule has 0 aliphatic carbocycles. The van der Waals surface area contributed by atoms with Crippen LogP contribution in [0.3, 0.4) is 0 Å². The Balaban J connectivity index is 2.44. The fraction of sp³-hybridized carbons (Fsp3) is 0.357. The standard InChI is InChI=1S/C14H18FN3/c1-4-16-14(13-7-8-18(3)17-13)12-9-11(15)6-5-10(12)2/h5-9,14,16H,4H2,1-3H3. The number of hydrogen-bond acceptors (Lipinski definition) is 2. The zero-order valence-electron chi connectivity index (χ0n) is 10.9. The minimum absolute atomic E-state index is 0.0631. The second-order valence-corrected chi connectivity index (χ2v) is 4.41. The van der Waals surface area contributed by atoms with Gasteiger partial charge in [-0.15, -0.1) is 0 Å². The topological polar surface area (TPSA) is 29.9 Å². The summed E-state index contributed by atoms with van der Waals surface area (Å²) in [5.74, 6) is -0.213. The molecular weight excluding hydrogens is 229 g/mol. The molecule has 0 radical (unpaired) electrons. The predicted molar refractivity (Wildman–Crippen MR) is 69.9 cm³/mol. The van der Waals surface area contributed by atoms with Gasteiger partial charge in [0.1, 0.15) is 5.82 Å². The van der Waals surface area contributed by atoms with Crippen LogP contribution in [-0.4, -0.2) is 16.3 Å². The van der Waals surface area contributed by atoms with Crippen LogP contribution in [0.15, 0.2) is 30.5 Å². The summed E-state index contributed by atoms with van der Waals surface area (Å²) in [6.07, 6.45) is 1.90. The van der Waals surface area contributed by atoms with Crippen molar-refractivity contribution in [3.05, 3.63) is 53.1 Å². The Labute approximate surface area is 107 Å². The molecule has 1 aromatic heterocycles. The Morgan fingerprint density at radius 2 is 2.17 bits per heavy atom. The van der Waals surface area contributed by atoms with Crippen LogP contribution in [0.5, 0.6) is 0 Å². The number of benzene rings is 1. The average Bonchev–Trinajstić information content (AvgIpc) is 2.76. The highest BCUT2D eigenvalue weighted by atomic mass is 19.1. The summed E-state index contributed by atoms with van der Waals surface area (Å²) in [6.45, 7) is 4.82. The lowest BCUT2D eigenvalue weighted by Crippen LogP contribution is -2.23. The number of aromatic nitrogens is 2. The van der Waals surface area contributed by atoms with Gasteiger partial charge in [0.15, 0.2) is 0 Å². The van der Waals surface area contributed by atoms with E-state index in [2.05, 4.69) is 10.4 Å². The quantitative estimate of drug-likeness (QED) is 0.900. The van der Waals surface area contributed by atoms with Crippen molar-refractivity contribution in [3.63, 3.8) is 0 Å². The van der Waals surface area contributed by atoms with E-state index in [-0.39, 0.29) is 11.9 Å². The molecule has 0 fully saturated rings. The van der Waals surface area contributed by atoms with E-state index in [1.807, 2.05) is 33.2 Å². The summed E-state index contributed by atoms with van der Waals surface area (Å²) in [5.41, 5.74) is 2.91. The van der Waals surface area contributed by atoms with Crippen LogP contribution in [0.1, 0.15) is 29.8 Å². The summed E-state index contributed by atoms with van der Waals surface area (Å²) >= 11 is 0. The maximum Gasteiger partial charge on any atom is 0.123 e. The first-order valence-electron chi connectivity index (χ1n) is 6.10. The van der Waals surface area contributed by atoms with E-state index in [4.69, 9.17) is 0 Å². The Bertz CT molecular complexity index is 534. The molecule has 2 rings (SSSR count). The molecule has 0 aliphatic heterocycles. The second kappa shape index (κ2) is 5.31. The van der Waals surface area contributed by atoms with Crippen molar-refractivity contribution >= 4 is 0 Å². The molecular formula is C14H18FN3. The molecule has 0 spiro atoms. The average molecular weight is 247 g/mol. The monoisotopic (exact) mass is 247 g/mol. The van der Waals surface area contributed by atoms with Crippen molar-refractivity contribution in [2.75, 3.05) is 6.54 Å². The lowest BCUT2D eigenvalue weighted by atomic mass is 9.98. The van der Waals surface area contributed by atoms with Crippen LogP contribution in [0.4, 0.5) is 4.39 Å². The lowest BCUT2D eigenvalue weighted by molar-refractivity contribution is 0.583. The maximum atomic E-state index is 13.4. The first-order chi connectivity index (χ1) is 8.61. The lowest BCUT2D eigenvalue weighted by Gasteiger charge is -2.18. The van der Waals surface area contributed by atoms with Gasteiger partial charge in [0, 0.05) is 13.2 Å². The van der Waals surface area contributed by atoms with E-state index in [0.29, 0.717) is 0 Å². The molecule has 1 heterocycles. The fourth-order valence-electron chi connectivity index (χ4n) is 2.09. The predicted octanol–water partition coefficient (Wildman–Crippen LogP) is 2.57. The van der Waals surface area contributed by atoms with Crippen LogP contribution < -0.4 is 5.32 Å². The summed E-state index contributed by atoms with van der Waals surface area (Å²) in [5, 5.41) is 7.76. The number of rotatable bonds is 4. The highest BCUT2D eigenvalue weighted by Gasteiger charge is 2.18. The Kier molecular flexibility index (Phi) is 3.77. The molecule has 1 unspecified atom stereocenters. The van der Waals surface area contributed by atoms with Gasteiger partial charge in [0.2, 0.25) is 0 Å². The maximum absolute atomic E-state index is 13.4. The van der Waals surface area contributed by atoms with E-state index in [9.17, 15) is 4.39 Å². The number of nitrogens with zero attached hydrogens (tertiary/aromatic N) is 2. The fourth-order valence-corrected chi connectivity index (χ4v) is 2.09. The largest absolute Gasteiger partial charge is 0.305 e. The minimum Gasteiger partial charge on any atom is -0.305 e. The third-order valence-corrected chi connectivity index (χ3v) is 2.99.